The fourth-order valence-corrected chi connectivity index (χ4v) is 2.29. The van der Waals surface area contributed by atoms with Crippen molar-refractivity contribution in [3.63, 3.8) is 0 Å². The molecule has 0 unspecified atom stereocenters. The van der Waals surface area contributed by atoms with E-state index < -0.39 is 0 Å². The van der Waals surface area contributed by atoms with Crippen LogP contribution in [0.5, 0.6) is 0 Å². The number of aromatic nitrogens is 1. The minimum absolute atomic E-state index is 0.156. The predicted molar refractivity (Wildman–Crippen MR) is 59.6 cm³/mol. The van der Waals surface area contributed by atoms with Crippen LogP contribution in [0.15, 0.2) is 29.1 Å². The molecule has 0 aliphatic rings. The molecule has 15 heavy (non-hydrogen) atoms. The summed E-state index contributed by atoms with van der Waals surface area (Å²) >= 11 is 6.99. The summed E-state index contributed by atoms with van der Waals surface area (Å²) < 4.78 is 14.6. The van der Waals surface area contributed by atoms with Crippen LogP contribution in [0.3, 0.4) is 0 Å². The summed E-state index contributed by atoms with van der Waals surface area (Å²) in [4.78, 5) is 11.7. The fraction of sp³-hybridized carbons (Fsp3) is 0.100. The topological polar surface area (TPSA) is 22.0 Å². The zero-order chi connectivity index (χ0) is 11.0. The average Bonchev–Trinajstić information content (AvgIpc) is 2.47. The van der Waals surface area contributed by atoms with Gasteiger partial charge in [-0.2, -0.15) is 0 Å². The SMILES string of the molecule is Cc1c(Cl)sn(-c2ccc(F)cc2)c1=O. The molecular formula is C10H7ClFNOS. The third kappa shape index (κ3) is 1.82. The van der Waals surface area contributed by atoms with Crippen molar-refractivity contribution in [3.05, 3.63) is 50.3 Å². The zero-order valence-corrected chi connectivity index (χ0v) is 9.40. The fourth-order valence-electron chi connectivity index (χ4n) is 1.17. The molecule has 2 nitrogen and oxygen atoms in total. The van der Waals surface area contributed by atoms with Crippen LogP contribution in [0, 0.1) is 12.7 Å². The van der Waals surface area contributed by atoms with E-state index in [1.807, 2.05) is 0 Å². The molecule has 0 radical (unpaired) electrons. The Morgan fingerprint density at radius 3 is 2.40 bits per heavy atom. The van der Waals surface area contributed by atoms with Crippen molar-refractivity contribution in [1.82, 2.24) is 3.96 Å². The number of hydrogen-bond acceptors (Lipinski definition) is 2. The van der Waals surface area contributed by atoms with Crippen molar-refractivity contribution in [3.8, 4) is 5.69 Å². The number of nitrogens with zero attached hydrogens (tertiary/aromatic N) is 1. The minimum atomic E-state index is -0.328. The van der Waals surface area contributed by atoms with Crippen LogP contribution in [-0.4, -0.2) is 3.96 Å². The summed E-state index contributed by atoms with van der Waals surface area (Å²) in [6.45, 7) is 1.67. The molecule has 0 aliphatic heterocycles. The number of rotatable bonds is 1. The Hall–Kier alpha value is -1.13. The lowest BCUT2D eigenvalue weighted by Gasteiger charge is -1.98. The first-order chi connectivity index (χ1) is 7.09. The Morgan fingerprint density at radius 1 is 1.33 bits per heavy atom. The normalized spacial score (nSPS) is 10.6. The van der Waals surface area contributed by atoms with Crippen molar-refractivity contribution < 1.29 is 4.39 Å². The molecular weight excluding hydrogens is 237 g/mol. The van der Waals surface area contributed by atoms with Gasteiger partial charge in [0.25, 0.3) is 5.56 Å². The van der Waals surface area contributed by atoms with Crippen molar-refractivity contribution in [1.29, 1.82) is 0 Å². The van der Waals surface area contributed by atoms with Gasteiger partial charge in [-0.1, -0.05) is 11.6 Å². The highest BCUT2D eigenvalue weighted by atomic mass is 35.5. The van der Waals surface area contributed by atoms with Crippen molar-refractivity contribution in [2.75, 3.05) is 0 Å². The molecule has 78 valence electrons. The maximum absolute atomic E-state index is 12.7. The van der Waals surface area contributed by atoms with E-state index in [1.165, 1.54) is 16.1 Å². The van der Waals surface area contributed by atoms with Gasteiger partial charge in [-0.25, -0.2) is 8.35 Å². The highest BCUT2D eigenvalue weighted by Gasteiger charge is 2.10. The van der Waals surface area contributed by atoms with Gasteiger partial charge in [0, 0.05) is 5.56 Å². The molecule has 0 spiro atoms. The van der Waals surface area contributed by atoms with Crippen LogP contribution >= 0.6 is 23.1 Å². The largest absolute Gasteiger partial charge is 0.269 e. The first-order valence-corrected chi connectivity index (χ1v) is 5.39. The molecule has 0 aliphatic carbocycles. The number of halogens is 2. The van der Waals surface area contributed by atoms with E-state index in [9.17, 15) is 9.18 Å². The van der Waals surface area contributed by atoms with Crippen LogP contribution in [0.4, 0.5) is 4.39 Å². The van der Waals surface area contributed by atoms with Crippen molar-refractivity contribution in [2.24, 2.45) is 0 Å². The Balaban J connectivity index is 2.59. The lowest BCUT2D eigenvalue weighted by Crippen LogP contribution is -2.12. The molecule has 0 saturated heterocycles. The van der Waals surface area contributed by atoms with E-state index in [-0.39, 0.29) is 11.4 Å². The molecule has 0 N–H and O–H groups in total. The number of benzene rings is 1. The molecule has 1 aromatic carbocycles. The molecule has 1 heterocycles. The van der Waals surface area contributed by atoms with Crippen LogP contribution in [-0.2, 0) is 0 Å². The molecule has 5 heteroatoms. The van der Waals surface area contributed by atoms with E-state index in [1.54, 1.807) is 19.1 Å². The van der Waals surface area contributed by atoms with Crippen LogP contribution < -0.4 is 5.56 Å². The average molecular weight is 244 g/mol. The minimum Gasteiger partial charge on any atom is -0.268 e. The summed E-state index contributed by atoms with van der Waals surface area (Å²) in [7, 11) is 0. The van der Waals surface area contributed by atoms with Gasteiger partial charge in [0.15, 0.2) is 0 Å². The van der Waals surface area contributed by atoms with Crippen molar-refractivity contribution >= 4 is 23.1 Å². The molecule has 0 atom stereocenters. The second kappa shape index (κ2) is 3.79. The highest BCUT2D eigenvalue weighted by molar-refractivity contribution is 7.11. The van der Waals surface area contributed by atoms with Gasteiger partial charge < -0.3 is 0 Å². The van der Waals surface area contributed by atoms with Gasteiger partial charge in [-0.3, -0.25) is 4.79 Å². The molecule has 2 aromatic rings. The maximum atomic E-state index is 12.7. The van der Waals surface area contributed by atoms with E-state index in [0.717, 1.165) is 11.5 Å². The second-order valence-corrected chi connectivity index (χ2v) is 4.62. The van der Waals surface area contributed by atoms with Gasteiger partial charge in [-0.15, -0.1) is 0 Å². The van der Waals surface area contributed by atoms with Crippen LogP contribution in [0.2, 0.25) is 4.34 Å². The Kier molecular flexibility index (Phi) is 2.63. The van der Waals surface area contributed by atoms with Gasteiger partial charge in [0.2, 0.25) is 0 Å². The molecule has 2 rings (SSSR count). The Labute approximate surface area is 94.7 Å². The van der Waals surface area contributed by atoms with Gasteiger partial charge >= 0.3 is 0 Å². The molecule has 0 amide bonds. The number of hydrogen-bond donors (Lipinski definition) is 0. The third-order valence-corrected chi connectivity index (χ3v) is 3.55. The van der Waals surface area contributed by atoms with Crippen LogP contribution in [0.1, 0.15) is 5.56 Å². The summed E-state index contributed by atoms with van der Waals surface area (Å²) in [5, 5.41) is 0. The summed E-state index contributed by atoms with van der Waals surface area (Å²) in [5.74, 6) is -0.328. The monoisotopic (exact) mass is 243 g/mol. The Morgan fingerprint density at radius 2 is 1.93 bits per heavy atom. The lowest BCUT2D eigenvalue weighted by molar-refractivity contribution is 0.627. The smallest absolute Gasteiger partial charge is 0.268 e. The highest BCUT2D eigenvalue weighted by Crippen LogP contribution is 2.21. The first-order valence-electron chi connectivity index (χ1n) is 4.24. The standard InChI is InChI=1S/C10H7ClFNOS/c1-6-9(11)15-13(10(6)14)8-4-2-7(12)3-5-8/h2-5H,1H3. The molecule has 0 saturated carbocycles. The van der Waals surface area contributed by atoms with E-state index in [2.05, 4.69) is 0 Å². The van der Waals surface area contributed by atoms with E-state index >= 15 is 0 Å². The maximum Gasteiger partial charge on any atom is 0.269 e. The quantitative estimate of drug-likeness (QED) is 0.755. The van der Waals surface area contributed by atoms with Crippen molar-refractivity contribution in [2.45, 2.75) is 6.92 Å². The molecule has 0 fully saturated rings. The Bertz CT molecular complexity index is 544. The predicted octanol–water partition coefficient (Wildman–Crippen LogP) is 3.00. The summed E-state index contributed by atoms with van der Waals surface area (Å²) in [6, 6.07) is 5.71. The van der Waals surface area contributed by atoms with Crippen LogP contribution in [0.25, 0.3) is 5.69 Å². The molecule has 0 bridgehead atoms. The first kappa shape index (κ1) is 10.4. The lowest BCUT2D eigenvalue weighted by atomic mass is 10.3. The van der Waals surface area contributed by atoms with Gasteiger partial charge in [0.05, 0.1) is 5.69 Å². The second-order valence-electron chi connectivity index (χ2n) is 3.07. The summed E-state index contributed by atoms with van der Waals surface area (Å²) in [6.07, 6.45) is 0. The van der Waals surface area contributed by atoms with Gasteiger partial charge in [0.1, 0.15) is 10.2 Å². The zero-order valence-electron chi connectivity index (χ0n) is 7.83. The van der Waals surface area contributed by atoms with E-state index in [0.29, 0.717) is 15.6 Å². The summed E-state index contributed by atoms with van der Waals surface area (Å²) in [5.41, 5.74) is 0.990. The molecule has 1 aromatic heterocycles. The van der Waals surface area contributed by atoms with E-state index in [4.69, 9.17) is 11.6 Å². The third-order valence-electron chi connectivity index (χ3n) is 2.03. The van der Waals surface area contributed by atoms with Gasteiger partial charge in [-0.05, 0) is 42.7 Å².